The lowest BCUT2D eigenvalue weighted by Crippen LogP contribution is -2.30. The van der Waals surface area contributed by atoms with Crippen molar-refractivity contribution >= 4 is 27.2 Å². The molecular formula is C13H17N3O3S2. The van der Waals surface area contributed by atoms with E-state index in [2.05, 4.69) is 15.0 Å². The van der Waals surface area contributed by atoms with Gasteiger partial charge < -0.3 is 10.4 Å². The Balaban J connectivity index is 2.05. The van der Waals surface area contributed by atoms with Crippen LogP contribution in [0.5, 0.6) is 0 Å². The Morgan fingerprint density at radius 3 is 2.67 bits per heavy atom. The van der Waals surface area contributed by atoms with Crippen molar-refractivity contribution in [3.05, 3.63) is 40.7 Å². The minimum atomic E-state index is -3.48. The van der Waals surface area contributed by atoms with Crippen molar-refractivity contribution in [2.24, 2.45) is 0 Å². The number of hydrogen-bond donors (Lipinski definition) is 3. The van der Waals surface area contributed by atoms with Gasteiger partial charge in [0.15, 0.2) is 0 Å². The molecule has 0 aliphatic heterocycles. The van der Waals surface area contributed by atoms with Gasteiger partial charge in [-0.05, 0) is 48.5 Å². The van der Waals surface area contributed by atoms with Gasteiger partial charge in [0.2, 0.25) is 10.0 Å². The standard InChI is InChI=1S/C13H17N3O3S2/c1-13(17,10-5-6-20-8-10)9-16-12-4-3-11(7-15-12)21(18,19)14-2/h3-8,14,17H,9H2,1-2H3,(H,15,16). The molecule has 2 rings (SSSR count). The fourth-order valence-corrected chi connectivity index (χ4v) is 3.15. The van der Waals surface area contributed by atoms with Crippen LogP contribution in [0.4, 0.5) is 5.82 Å². The fourth-order valence-electron chi connectivity index (χ4n) is 1.70. The highest BCUT2D eigenvalue weighted by molar-refractivity contribution is 7.89. The SMILES string of the molecule is CNS(=O)(=O)c1ccc(NCC(C)(O)c2ccsc2)nc1. The van der Waals surface area contributed by atoms with E-state index in [9.17, 15) is 13.5 Å². The molecule has 0 radical (unpaired) electrons. The first kappa shape index (κ1) is 15.9. The molecular weight excluding hydrogens is 310 g/mol. The van der Waals surface area contributed by atoms with Crippen LogP contribution in [0.2, 0.25) is 0 Å². The highest BCUT2D eigenvalue weighted by Gasteiger charge is 2.23. The first-order valence-electron chi connectivity index (χ1n) is 6.24. The summed E-state index contributed by atoms with van der Waals surface area (Å²) in [6.07, 6.45) is 1.27. The van der Waals surface area contributed by atoms with Crippen molar-refractivity contribution in [2.75, 3.05) is 18.9 Å². The van der Waals surface area contributed by atoms with Crippen LogP contribution in [0.1, 0.15) is 12.5 Å². The van der Waals surface area contributed by atoms with Gasteiger partial charge in [-0.1, -0.05) is 0 Å². The maximum absolute atomic E-state index is 11.6. The molecule has 0 saturated heterocycles. The zero-order valence-corrected chi connectivity index (χ0v) is 13.3. The highest BCUT2D eigenvalue weighted by atomic mass is 32.2. The first-order chi connectivity index (χ1) is 9.85. The second kappa shape index (κ2) is 6.10. The van der Waals surface area contributed by atoms with Crippen molar-refractivity contribution < 1.29 is 13.5 Å². The van der Waals surface area contributed by atoms with Crippen LogP contribution in [0.3, 0.4) is 0 Å². The average molecular weight is 327 g/mol. The van der Waals surface area contributed by atoms with Crippen LogP contribution in [0.25, 0.3) is 0 Å². The largest absolute Gasteiger partial charge is 0.384 e. The lowest BCUT2D eigenvalue weighted by molar-refractivity contribution is 0.0719. The number of aliphatic hydroxyl groups is 1. The molecule has 0 amide bonds. The van der Waals surface area contributed by atoms with Crippen LogP contribution in [0.15, 0.2) is 40.1 Å². The number of nitrogens with zero attached hydrogens (tertiary/aromatic N) is 1. The lowest BCUT2D eigenvalue weighted by Gasteiger charge is -2.23. The molecule has 2 aromatic rings. The Bertz CT molecular complexity index is 680. The quantitative estimate of drug-likeness (QED) is 0.745. The molecule has 3 N–H and O–H groups in total. The van der Waals surface area contributed by atoms with Crippen molar-refractivity contribution in [2.45, 2.75) is 17.4 Å². The van der Waals surface area contributed by atoms with Gasteiger partial charge in [0.05, 0.1) is 0 Å². The van der Waals surface area contributed by atoms with Crippen LogP contribution in [-0.4, -0.2) is 32.1 Å². The Labute approximate surface area is 127 Å². The number of sulfonamides is 1. The third-order valence-electron chi connectivity index (χ3n) is 3.07. The van der Waals surface area contributed by atoms with Gasteiger partial charge >= 0.3 is 0 Å². The van der Waals surface area contributed by atoms with E-state index in [-0.39, 0.29) is 11.4 Å². The van der Waals surface area contributed by atoms with Crippen molar-refractivity contribution in [3.8, 4) is 0 Å². The van der Waals surface area contributed by atoms with Gasteiger partial charge in [0.1, 0.15) is 16.3 Å². The zero-order chi connectivity index (χ0) is 15.5. The van der Waals surface area contributed by atoms with E-state index in [1.165, 1.54) is 30.6 Å². The summed E-state index contributed by atoms with van der Waals surface area (Å²) in [6, 6.07) is 4.89. The van der Waals surface area contributed by atoms with Gasteiger partial charge in [0, 0.05) is 12.7 Å². The monoisotopic (exact) mass is 327 g/mol. The molecule has 1 unspecified atom stereocenters. The molecule has 0 aliphatic rings. The van der Waals surface area contributed by atoms with E-state index in [0.717, 1.165) is 5.56 Å². The Kier molecular flexibility index (Phi) is 4.62. The number of anilines is 1. The summed E-state index contributed by atoms with van der Waals surface area (Å²) < 4.78 is 25.4. The molecule has 2 heterocycles. The van der Waals surface area contributed by atoms with Crippen molar-refractivity contribution in [1.82, 2.24) is 9.71 Å². The molecule has 0 fully saturated rings. The molecule has 0 aliphatic carbocycles. The molecule has 21 heavy (non-hydrogen) atoms. The van der Waals surface area contributed by atoms with Crippen molar-refractivity contribution in [1.29, 1.82) is 0 Å². The van der Waals surface area contributed by atoms with Gasteiger partial charge in [-0.15, -0.1) is 0 Å². The van der Waals surface area contributed by atoms with Crippen molar-refractivity contribution in [3.63, 3.8) is 0 Å². The van der Waals surface area contributed by atoms with E-state index < -0.39 is 15.6 Å². The predicted molar refractivity (Wildman–Crippen MR) is 82.9 cm³/mol. The first-order valence-corrected chi connectivity index (χ1v) is 8.66. The Morgan fingerprint density at radius 1 is 1.38 bits per heavy atom. The Hall–Kier alpha value is -1.48. The van der Waals surface area contributed by atoms with E-state index >= 15 is 0 Å². The maximum atomic E-state index is 11.6. The van der Waals surface area contributed by atoms with Crippen LogP contribution in [-0.2, 0) is 15.6 Å². The van der Waals surface area contributed by atoms with E-state index in [0.29, 0.717) is 5.82 Å². The van der Waals surface area contributed by atoms with Gasteiger partial charge in [0.25, 0.3) is 0 Å². The molecule has 0 aromatic carbocycles. The Morgan fingerprint density at radius 2 is 2.14 bits per heavy atom. The summed E-state index contributed by atoms with van der Waals surface area (Å²) in [7, 11) is -2.14. The van der Waals surface area contributed by atoms with Crippen LogP contribution >= 0.6 is 11.3 Å². The molecule has 0 saturated carbocycles. The predicted octanol–water partition coefficient (Wildman–Crippen LogP) is 1.37. The highest BCUT2D eigenvalue weighted by Crippen LogP contribution is 2.23. The minimum absolute atomic E-state index is 0.0974. The van der Waals surface area contributed by atoms with Gasteiger partial charge in [-0.3, -0.25) is 0 Å². The molecule has 0 spiro atoms. The summed E-state index contributed by atoms with van der Waals surface area (Å²) in [5.41, 5.74) is -0.188. The average Bonchev–Trinajstić information content (AvgIpc) is 3.01. The molecule has 1 atom stereocenters. The van der Waals surface area contributed by atoms with Crippen LogP contribution < -0.4 is 10.0 Å². The third-order valence-corrected chi connectivity index (χ3v) is 5.15. The smallest absolute Gasteiger partial charge is 0.241 e. The van der Waals surface area contributed by atoms with E-state index in [4.69, 9.17) is 0 Å². The summed E-state index contributed by atoms with van der Waals surface area (Å²) in [6.45, 7) is 1.98. The summed E-state index contributed by atoms with van der Waals surface area (Å²) in [5.74, 6) is 0.501. The molecule has 114 valence electrons. The normalized spacial score (nSPS) is 14.6. The molecule has 2 aromatic heterocycles. The summed E-state index contributed by atoms with van der Waals surface area (Å²) in [5, 5.41) is 17.2. The fraction of sp³-hybridized carbons (Fsp3) is 0.308. The summed E-state index contributed by atoms with van der Waals surface area (Å²) >= 11 is 1.52. The number of aromatic nitrogens is 1. The zero-order valence-electron chi connectivity index (χ0n) is 11.7. The topological polar surface area (TPSA) is 91.3 Å². The number of nitrogens with one attached hydrogen (secondary N) is 2. The number of hydrogen-bond acceptors (Lipinski definition) is 6. The third kappa shape index (κ3) is 3.79. The molecule has 6 nitrogen and oxygen atoms in total. The van der Waals surface area contributed by atoms with Gasteiger partial charge in [-0.25, -0.2) is 18.1 Å². The van der Waals surface area contributed by atoms with E-state index in [1.54, 1.807) is 13.0 Å². The lowest BCUT2D eigenvalue weighted by atomic mass is 9.99. The number of rotatable bonds is 6. The minimum Gasteiger partial charge on any atom is -0.384 e. The molecule has 8 heteroatoms. The van der Waals surface area contributed by atoms with E-state index in [1.807, 2.05) is 16.8 Å². The molecule has 0 bridgehead atoms. The number of pyridine rings is 1. The number of thiophene rings is 1. The van der Waals surface area contributed by atoms with Gasteiger partial charge in [-0.2, -0.15) is 11.3 Å². The van der Waals surface area contributed by atoms with Crippen LogP contribution in [0, 0.1) is 0 Å². The second-order valence-electron chi connectivity index (χ2n) is 4.73. The maximum Gasteiger partial charge on any atom is 0.241 e. The second-order valence-corrected chi connectivity index (χ2v) is 7.39. The summed E-state index contributed by atoms with van der Waals surface area (Å²) in [4.78, 5) is 4.14.